The first-order valence-electron chi connectivity index (χ1n) is 12.9. The first-order chi connectivity index (χ1) is 17.4. The van der Waals surface area contributed by atoms with Gasteiger partial charge in [0.2, 0.25) is 0 Å². The van der Waals surface area contributed by atoms with Crippen LogP contribution >= 0.6 is 0 Å². The fourth-order valence-electron chi connectivity index (χ4n) is 4.54. The van der Waals surface area contributed by atoms with Gasteiger partial charge >= 0.3 is 11.9 Å². The van der Waals surface area contributed by atoms with E-state index < -0.39 is 5.97 Å². The summed E-state index contributed by atoms with van der Waals surface area (Å²) in [6, 6.07) is 12.2. The van der Waals surface area contributed by atoms with Gasteiger partial charge in [-0.05, 0) is 80.3 Å². The molecular formula is C30H38N2O4. The van der Waals surface area contributed by atoms with Crippen molar-refractivity contribution in [3.05, 3.63) is 72.3 Å². The molecule has 3 rings (SSSR count). The van der Waals surface area contributed by atoms with E-state index in [4.69, 9.17) is 20.9 Å². The summed E-state index contributed by atoms with van der Waals surface area (Å²) in [6.07, 6.45) is 15.1. The Labute approximate surface area is 214 Å². The largest absolute Gasteiger partial charge is 0.458 e. The van der Waals surface area contributed by atoms with Crippen LogP contribution < -0.4 is 16.2 Å². The number of hydrogen-bond acceptors (Lipinski definition) is 6. The maximum atomic E-state index is 12.6. The van der Waals surface area contributed by atoms with Crippen molar-refractivity contribution >= 4 is 29.4 Å². The number of ether oxygens (including phenoxy) is 2. The maximum absolute atomic E-state index is 12.6. The van der Waals surface area contributed by atoms with Crippen molar-refractivity contribution in [2.75, 3.05) is 11.5 Å². The topological polar surface area (TPSA) is 105 Å². The average molecular weight is 491 g/mol. The van der Waals surface area contributed by atoms with Crippen molar-refractivity contribution in [1.82, 2.24) is 0 Å². The summed E-state index contributed by atoms with van der Waals surface area (Å²) in [6.45, 7) is 3.84. The highest BCUT2D eigenvalue weighted by molar-refractivity contribution is 5.87. The molecule has 2 aromatic carbocycles. The average Bonchev–Trinajstić information content (AvgIpc) is 2.88. The van der Waals surface area contributed by atoms with Crippen LogP contribution in [0.5, 0.6) is 5.75 Å². The number of unbranched alkanes of at least 4 members (excludes halogenated alkanes) is 3. The number of hydrogen-bond donors (Lipinski definition) is 2. The molecule has 0 unspecified atom stereocenters. The van der Waals surface area contributed by atoms with Crippen molar-refractivity contribution in [2.45, 2.75) is 64.4 Å². The minimum atomic E-state index is -0.478. The van der Waals surface area contributed by atoms with Crippen LogP contribution in [0.25, 0.3) is 6.08 Å². The number of nitrogens with two attached hydrogens (primary N) is 2. The van der Waals surface area contributed by atoms with Crippen LogP contribution in [0.1, 0.15) is 68.9 Å². The van der Waals surface area contributed by atoms with Gasteiger partial charge < -0.3 is 20.9 Å². The molecule has 1 saturated carbocycles. The number of anilines is 2. The highest BCUT2D eigenvalue weighted by atomic mass is 16.5. The predicted molar refractivity (Wildman–Crippen MR) is 145 cm³/mol. The molecular weight excluding hydrogens is 452 g/mol. The summed E-state index contributed by atoms with van der Waals surface area (Å²) in [5.74, 6) is 0.607. The first kappa shape index (κ1) is 27.1. The Bertz CT molecular complexity index is 1040. The van der Waals surface area contributed by atoms with E-state index in [2.05, 4.69) is 6.58 Å². The van der Waals surface area contributed by atoms with Gasteiger partial charge in [-0.1, -0.05) is 43.5 Å². The number of allylic oxidation sites excluding steroid dienone is 1. The SMILES string of the molecule is C=CCCCCCC1CCC(C(=O)Oc2ccc(C=CC(=O)OCc3ccc(N)cc3N)cc2)CC1. The van der Waals surface area contributed by atoms with E-state index in [-0.39, 0.29) is 18.5 Å². The van der Waals surface area contributed by atoms with Crippen molar-refractivity contribution in [3.8, 4) is 5.75 Å². The van der Waals surface area contributed by atoms with E-state index in [0.29, 0.717) is 22.7 Å². The third kappa shape index (κ3) is 8.91. The van der Waals surface area contributed by atoms with Gasteiger partial charge in [-0.3, -0.25) is 4.79 Å². The molecule has 0 aromatic heterocycles. The second kappa shape index (κ2) is 14.1. The highest BCUT2D eigenvalue weighted by Gasteiger charge is 2.27. The Morgan fingerprint density at radius 2 is 1.72 bits per heavy atom. The van der Waals surface area contributed by atoms with Crippen LogP contribution in [0.4, 0.5) is 11.4 Å². The molecule has 1 aliphatic carbocycles. The maximum Gasteiger partial charge on any atom is 0.331 e. The fraction of sp³-hybridized carbons (Fsp3) is 0.400. The molecule has 0 saturated heterocycles. The summed E-state index contributed by atoms with van der Waals surface area (Å²) in [5.41, 5.74) is 14.1. The van der Waals surface area contributed by atoms with Gasteiger partial charge in [0.1, 0.15) is 12.4 Å². The minimum absolute atomic E-state index is 0.0218. The number of nitrogen functional groups attached to an aromatic ring is 2. The molecule has 1 aliphatic rings. The molecule has 2 aromatic rings. The lowest BCUT2D eigenvalue weighted by Gasteiger charge is -2.27. The summed E-state index contributed by atoms with van der Waals surface area (Å²) in [7, 11) is 0. The second-order valence-corrected chi connectivity index (χ2v) is 9.53. The number of rotatable bonds is 12. The van der Waals surface area contributed by atoms with Gasteiger partial charge in [0.25, 0.3) is 0 Å². The molecule has 0 radical (unpaired) electrons. The standard InChI is InChI=1S/C30H38N2O4/c1-2-3-4-5-6-7-22-8-13-24(14-9-22)30(34)36-27-17-10-23(11-18-27)12-19-29(33)35-21-25-15-16-26(31)20-28(25)32/h2,10-12,15-20,22,24H,1,3-9,13-14,21,31-32H2. The Balaban J connectivity index is 1.38. The fourth-order valence-corrected chi connectivity index (χ4v) is 4.54. The Hall–Kier alpha value is -3.54. The molecule has 6 nitrogen and oxygen atoms in total. The van der Waals surface area contributed by atoms with Crippen LogP contribution in [0.2, 0.25) is 0 Å². The van der Waals surface area contributed by atoms with E-state index in [9.17, 15) is 9.59 Å². The lowest BCUT2D eigenvalue weighted by Crippen LogP contribution is -2.25. The first-order valence-corrected chi connectivity index (χ1v) is 12.9. The van der Waals surface area contributed by atoms with Crippen LogP contribution in [0, 0.1) is 11.8 Å². The molecule has 0 heterocycles. The summed E-state index contributed by atoms with van der Waals surface area (Å²) >= 11 is 0. The second-order valence-electron chi connectivity index (χ2n) is 9.53. The van der Waals surface area contributed by atoms with Crippen molar-refractivity contribution in [1.29, 1.82) is 0 Å². The van der Waals surface area contributed by atoms with Gasteiger partial charge in [-0.15, -0.1) is 6.58 Å². The van der Waals surface area contributed by atoms with Gasteiger partial charge in [0.15, 0.2) is 0 Å². The van der Waals surface area contributed by atoms with Gasteiger partial charge in [-0.25, -0.2) is 4.79 Å². The van der Waals surface area contributed by atoms with Gasteiger partial charge in [-0.2, -0.15) is 0 Å². The van der Waals surface area contributed by atoms with Crippen molar-refractivity contribution in [3.63, 3.8) is 0 Å². The molecule has 6 heteroatoms. The lowest BCUT2D eigenvalue weighted by molar-refractivity contribution is -0.140. The quantitative estimate of drug-likeness (QED) is 0.0884. The van der Waals surface area contributed by atoms with E-state index in [1.807, 2.05) is 6.08 Å². The number of carbonyl (C=O) groups excluding carboxylic acids is 2. The van der Waals surface area contributed by atoms with E-state index in [1.165, 1.54) is 31.8 Å². The molecule has 0 amide bonds. The van der Waals surface area contributed by atoms with Gasteiger partial charge in [0, 0.05) is 23.0 Å². The zero-order chi connectivity index (χ0) is 25.8. The Kier molecular flexibility index (Phi) is 10.6. The van der Waals surface area contributed by atoms with Crippen molar-refractivity contribution < 1.29 is 19.1 Å². The number of benzene rings is 2. The zero-order valence-corrected chi connectivity index (χ0v) is 21.0. The molecule has 0 atom stereocenters. The third-order valence-electron chi connectivity index (χ3n) is 6.75. The molecule has 192 valence electrons. The summed E-state index contributed by atoms with van der Waals surface area (Å²) in [5, 5.41) is 0. The molecule has 1 fully saturated rings. The predicted octanol–water partition coefficient (Wildman–Crippen LogP) is 6.46. The molecule has 4 N–H and O–H groups in total. The normalized spacial score (nSPS) is 17.6. The Morgan fingerprint density at radius 1 is 0.972 bits per heavy atom. The van der Waals surface area contributed by atoms with Crippen LogP contribution in [-0.2, 0) is 20.9 Å². The van der Waals surface area contributed by atoms with E-state index >= 15 is 0 Å². The molecule has 0 spiro atoms. The van der Waals surface area contributed by atoms with Crippen LogP contribution in [0.15, 0.2) is 61.2 Å². The van der Waals surface area contributed by atoms with Crippen LogP contribution in [-0.4, -0.2) is 11.9 Å². The highest BCUT2D eigenvalue weighted by Crippen LogP contribution is 2.33. The minimum Gasteiger partial charge on any atom is -0.458 e. The molecule has 0 bridgehead atoms. The smallest absolute Gasteiger partial charge is 0.331 e. The molecule has 36 heavy (non-hydrogen) atoms. The van der Waals surface area contributed by atoms with Crippen LogP contribution in [0.3, 0.4) is 0 Å². The third-order valence-corrected chi connectivity index (χ3v) is 6.75. The molecule has 0 aliphatic heterocycles. The Morgan fingerprint density at radius 3 is 2.42 bits per heavy atom. The van der Waals surface area contributed by atoms with Crippen molar-refractivity contribution in [2.24, 2.45) is 11.8 Å². The summed E-state index contributed by atoms with van der Waals surface area (Å²) < 4.78 is 10.9. The van der Waals surface area contributed by atoms with E-state index in [1.54, 1.807) is 48.5 Å². The summed E-state index contributed by atoms with van der Waals surface area (Å²) in [4.78, 5) is 24.6. The number of carbonyl (C=O) groups is 2. The number of esters is 2. The monoisotopic (exact) mass is 490 g/mol. The zero-order valence-electron chi connectivity index (χ0n) is 21.0. The lowest BCUT2D eigenvalue weighted by atomic mass is 9.80. The van der Waals surface area contributed by atoms with E-state index in [0.717, 1.165) is 43.6 Å². The van der Waals surface area contributed by atoms with Gasteiger partial charge in [0.05, 0.1) is 5.92 Å².